The minimum Gasteiger partial charge on any atom is -0.312 e. The second kappa shape index (κ2) is 4.85. The Balaban J connectivity index is 1.85. The van der Waals surface area contributed by atoms with E-state index in [0.717, 1.165) is 11.6 Å². The Morgan fingerprint density at radius 1 is 1.21 bits per heavy atom. The summed E-state index contributed by atoms with van der Waals surface area (Å²) in [5, 5.41) is 4.41. The van der Waals surface area contributed by atoms with Crippen molar-refractivity contribution < 1.29 is 18.8 Å². The average molecular weight is 326 g/mol. The molecule has 4 amide bonds. The van der Waals surface area contributed by atoms with Gasteiger partial charge < -0.3 is 10.2 Å². The molecule has 1 aromatic heterocycles. The lowest BCUT2D eigenvalue weighted by Crippen LogP contribution is -2.52. The first-order valence-corrected chi connectivity index (χ1v) is 7.17. The molecule has 0 aliphatic carbocycles. The van der Waals surface area contributed by atoms with Crippen LogP contribution < -0.4 is 15.5 Å². The van der Waals surface area contributed by atoms with Crippen LogP contribution in [0.5, 0.6) is 0 Å². The van der Waals surface area contributed by atoms with Crippen molar-refractivity contribution in [3.63, 3.8) is 0 Å². The van der Waals surface area contributed by atoms with E-state index in [1.807, 2.05) is 0 Å². The van der Waals surface area contributed by atoms with Gasteiger partial charge in [-0.25, -0.2) is 9.18 Å². The van der Waals surface area contributed by atoms with Gasteiger partial charge in [-0.05, 0) is 29.8 Å². The number of hydrogen-bond acceptors (Lipinski definition) is 4. The molecule has 120 valence electrons. The number of urea groups is 1. The Hall–Kier alpha value is -3.29. The monoisotopic (exact) mass is 326 g/mol. The topological polar surface area (TPSA) is 91.4 Å². The number of imide groups is 1. The van der Waals surface area contributed by atoms with Crippen LogP contribution >= 0.6 is 0 Å². The van der Waals surface area contributed by atoms with Gasteiger partial charge in [-0.1, -0.05) is 6.07 Å². The van der Waals surface area contributed by atoms with Gasteiger partial charge in [-0.2, -0.15) is 0 Å². The summed E-state index contributed by atoms with van der Waals surface area (Å²) >= 11 is 0. The van der Waals surface area contributed by atoms with Gasteiger partial charge in [-0.15, -0.1) is 0 Å². The molecule has 2 aliphatic heterocycles. The first kappa shape index (κ1) is 14.3. The third-order valence-electron chi connectivity index (χ3n) is 4.15. The highest BCUT2D eigenvalue weighted by molar-refractivity contribution is 6.27. The standard InChI is InChI=1S/C16H11FN4O3/c17-10-3-4-12-11(6-10)16(13(22)19-15(24)20-16)14(23)21(12)8-9-2-1-5-18-7-9/h1-7H,8H2,(H2,19,20,22,24). The molecule has 1 unspecified atom stereocenters. The minimum atomic E-state index is -1.92. The van der Waals surface area contributed by atoms with Crippen LogP contribution in [0.15, 0.2) is 42.7 Å². The molecule has 2 aliphatic rings. The van der Waals surface area contributed by atoms with E-state index in [1.165, 1.54) is 17.0 Å². The number of fused-ring (bicyclic) bond motifs is 2. The van der Waals surface area contributed by atoms with Gasteiger partial charge >= 0.3 is 6.03 Å². The largest absolute Gasteiger partial charge is 0.323 e. The van der Waals surface area contributed by atoms with Crippen LogP contribution in [0.2, 0.25) is 0 Å². The normalized spacial score (nSPS) is 21.9. The molecule has 1 saturated heterocycles. The Labute approximate surface area is 135 Å². The molecule has 0 radical (unpaired) electrons. The molecule has 7 nitrogen and oxygen atoms in total. The van der Waals surface area contributed by atoms with Gasteiger partial charge in [0.15, 0.2) is 0 Å². The molecule has 0 saturated carbocycles. The number of amides is 4. The van der Waals surface area contributed by atoms with Crippen molar-refractivity contribution >= 4 is 23.5 Å². The third kappa shape index (κ3) is 1.82. The van der Waals surface area contributed by atoms with E-state index in [0.29, 0.717) is 5.69 Å². The lowest BCUT2D eigenvalue weighted by Gasteiger charge is -2.21. The van der Waals surface area contributed by atoms with Crippen molar-refractivity contribution in [2.45, 2.75) is 12.1 Å². The van der Waals surface area contributed by atoms with Gasteiger partial charge in [0.25, 0.3) is 11.8 Å². The van der Waals surface area contributed by atoms with E-state index in [1.54, 1.807) is 24.5 Å². The number of rotatable bonds is 2. The fourth-order valence-corrected chi connectivity index (χ4v) is 3.10. The smallest absolute Gasteiger partial charge is 0.312 e. The fourth-order valence-electron chi connectivity index (χ4n) is 3.10. The molecule has 2 N–H and O–H groups in total. The number of aromatic nitrogens is 1. The minimum absolute atomic E-state index is 0.125. The number of carbonyl (C=O) groups excluding carboxylic acids is 3. The summed E-state index contributed by atoms with van der Waals surface area (Å²) in [5.41, 5.74) is -0.679. The van der Waals surface area contributed by atoms with Crippen molar-refractivity contribution in [1.82, 2.24) is 15.6 Å². The van der Waals surface area contributed by atoms with Gasteiger partial charge in [0, 0.05) is 18.0 Å². The van der Waals surface area contributed by atoms with Gasteiger partial charge in [0.05, 0.1) is 12.2 Å². The van der Waals surface area contributed by atoms with Gasteiger partial charge in [-0.3, -0.25) is 19.9 Å². The number of pyridine rings is 1. The molecule has 1 atom stereocenters. The molecule has 1 spiro atoms. The number of halogens is 1. The van der Waals surface area contributed by atoms with Gasteiger partial charge in [0.2, 0.25) is 5.54 Å². The number of nitrogens with zero attached hydrogens (tertiary/aromatic N) is 2. The maximum absolute atomic E-state index is 13.7. The quantitative estimate of drug-likeness (QED) is 0.631. The summed E-state index contributed by atoms with van der Waals surface area (Å²) in [6.07, 6.45) is 3.19. The first-order chi connectivity index (χ1) is 11.5. The highest BCUT2D eigenvalue weighted by atomic mass is 19.1. The maximum atomic E-state index is 13.7. The molecular formula is C16H11FN4O3. The molecule has 24 heavy (non-hydrogen) atoms. The van der Waals surface area contributed by atoms with E-state index in [4.69, 9.17) is 0 Å². The number of anilines is 1. The molecule has 0 bridgehead atoms. The fraction of sp³-hybridized carbons (Fsp3) is 0.125. The average Bonchev–Trinajstić information content (AvgIpc) is 2.98. The van der Waals surface area contributed by atoms with Crippen LogP contribution in [0.4, 0.5) is 14.9 Å². The summed E-state index contributed by atoms with van der Waals surface area (Å²) in [6, 6.07) is 6.44. The number of hydrogen-bond donors (Lipinski definition) is 2. The van der Waals surface area contributed by atoms with Crippen LogP contribution in [0, 0.1) is 5.82 Å². The second-order valence-electron chi connectivity index (χ2n) is 5.57. The predicted octanol–water partition coefficient (Wildman–Crippen LogP) is 0.802. The van der Waals surface area contributed by atoms with E-state index in [9.17, 15) is 18.8 Å². The second-order valence-corrected chi connectivity index (χ2v) is 5.57. The third-order valence-corrected chi connectivity index (χ3v) is 4.15. The summed E-state index contributed by atoms with van der Waals surface area (Å²) in [4.78, 5) is 42.2. The summed E-state index contributed by atoms with van der Waals surface area (Å²) in [5.74, 6) is -2.04. The molecule has 3 heterocycles. The van der Waals surface area contributed by atoms with E-state index in [2.05, 4.69) is 15.6 Å². The van der Waals surface area contributed by atoms with Crippen molar-refractivity contribution in [3.8, 4) is 0 Å². The summed E-state index contributed by atoms with van der Waals surface area (Å²) in [7, 11) is 0. The van der Waals surface area contributed by atoms with Crippen LogP contribution in [-0.4, -0.2) is 22.8 Å². The molecular weight excluding hydrogens is 315 g/mol. The predicted molar refractivity (Wildman–Crippen MR) is 80.2 cm³/mol. The zero-order chi connectivity index (χ0) is 16.9. The number of benzene rings is 1. The summed E-state index contributed by atoms with van der Waals surface area (Å²) in [6.45, 7) is 0.149. The van der Waals surface area contributed by atoms with Crippen molar-refractivity contribution in [3.05, 3.63) is 59.7 Å². The van der Waals surface area contributed by atoms with Crippen LogP contribution in [0.25, 0.3) is 0 Å². The van der Waals surface area contributed by atoms with Crippen molar-refractivity contribution in [2.75, 3.05) is 4.90 Å². The van der Waals surface area contributed by atoms with Gasteiger partial charge in [0.1, 0.15) is 5.82 Å². The van der Waals surface area contributed by atoms with Crippen LogP contribution in [0.3, 0.4) is 0 Å². The first-order valence-electron chi connectivity index (χ1n) is 7.17. The number of carbonyl (C=O) groups is 3. The van der Waals surface area contributed by atoms with Crippen molar-refractivity contribution in [1.29, 1.82) is 0 Å². The van der Waals surface area contributed by atoms with E-state index >= 15 is 0 Å². The van der Waals surface area contributed by atoms with Crippen LogP contribution in [-0.2, 0) is 21.7 Å². The Morgan fingerprint density at radius 3 is 2.71 bits per heavy atom. The highest BCUT2D eigenvalue weighted by Crippen LogP contribution is 2.43. The van der Waals surface area contributed by atoms with Crippen LogP contribution in [0.1, 0.15) is 11.1 Å². The Bertz CT molecular complexity index is 886. The SMILES string of the molecule is O=C1NC(=O)C2(N1)C(=O)N(Cc1cccnc1)c1ccc(F)cc12. The zero-order valence-corrected chi connectivity index (χ0v) is 12.2. The Kier molecular flexibility index (Phi) is 2.89. The summed E-state index contributed by atoms with van der Waals surface area (Å²) < 4.78 is 13.7. The lowest BCUT2D eigenvalue weighted by atomic mass is 9.91. The lowest BCUT2D eigenvalue weighted by molar-refractivity contribution is -0.134. The maximum Gasteiger partial charge on any atom is 0.323 e. The van der Waals surface area contributed by atoms with E-state index in [-0.39, 0.29) is 12.1 Å². The van der Waals surface area contributed by atoms with Crippen molar-refractivity contribution in [2.24, 2.45) is 0 Å². The molecule has 1 aromatic carbocycles. The highest BCUT2D eigenvalue weighted by Gasteiger charge is 2.61. The number of nitrogens with one attached hydrogen (secondary N) is 2. The van der Waals surface area contributed by atoms with E-state index < -0.39 is 29.2 Å². The molecule has 2 aromatic rings. The Morgan fingerprint density at radius 2 is 2.04 bits per heavy atom. The molecule has 8 heteroatoms. The zero-order valence-electron chi connectivity index (χ0n) is 12.2. The molecule has 1 fully saturated rings. The molecule has 4 rings (SSSR count).